The van der Waals surface area contributed by atoms with E-state index in [0.29, 0.717) is 10.0 Å². The fraction of sp³-hybridized carbons (Fsp3) is 0.267. The first kappa shape index (κ1) is 18.9. The van der Waals surface area contributed by atoms with Gasteiger partial charge in [-0.3, -0.25) is 4.98 Å². The van der Waals surface area contributed by atoms with Crippen molar-refractivity contribution in [2.75, 3.05) is 6.61 Å². The molecule has 1 aromatic heterocycles. The van der Waals surface area contributed by atoms with Crippen LogP contribution in [0.25, 0.3) is 0 Å². The molecule has 1 unspecified atom stereocenters. The van der Waals surface area contributed by atoms with Gasteiger partial charge in [0.25, 0.3) is 0 Å². The Hall–Kier alpha value is -1.13. The molecule has 0 spiro atoms. The largest absolute Gasteiger partial charge is 0.394 e. The van der Waals surface area contributed by atoms with Gasteiger partial charge < -0.3 is 10.8 Å². The highest BCUT2D eigenvalue weighted by Crippen LogP contribution is 2.13. The molecule has 0 radical (unpaired) electrons. The fourth-order valence-corrected chi connectivity index (χ4v) is 1.41. The number of pyridine rings is 1. The number of halogens is 2. The van der Waals surface area contributed by atoms with Gasteiger partial charge in [-0.2, -0.15) is 0 Å². The molecule has 0 aliphatic rings. The predicted molar refractivity (Wildman–Crippen MR) is 86.1 cm³/mol. The molecule has 20 heavy (non-hydrogen) atoms. The van der Waals surface area contributed by atoms with Crippen LogP contribution in [0.5, 0.6) is 0 Å². The minimum atomic E-state index is -0.299. The van der Waals surface area contributed by atoms with Crippen LogP contribution in [0.2, 0.25) is 10.0 Å². The second kappa shape index (κ2) is 11.7. The van der Waals surface area contributed by atoms with Crippen molar-refractivity contribution in [1.29, 1.82) is 0 Å². The van der Waals surface area contributed by atoms with Gasteiger partial charge in [-0.05, 0) is 29.8 Å². The zero-order valence-corrected chi connectivity index (χ0v) is 13.1. The summed E-state index contributed by atoms with van der Waals surface area (Å²) >= 11 is 11.1. The zero-order valence-electron chi connectivity index (χ0n) is 11.6. The number of hydrogen-bond donors (Lipinski definition) is 2. The van der Waals surface area contributed by atoms with Crippen molar-refractivity contribution in [3.63, 3.8) is 0 Å². The smallest absolute Gasteiger partial charge is 0.0624 e. The molecular weight excluding hydrogens is 295 g/mol. The van der Waals surface area contributed by atoms with Gasteiger partial charge in [-0.15, -0.1) is 0 Å². The molecule has 2 rings (SSSR count). The van der Waals surface area contributed by atoms with Crippen LogP contribution in [0.1, 0.15) is 25.5 Å². The summed E-state index contributed by atoms with van der Waals surface area (Å²) in [6.45, 7) is 3.96. The number of aromatic nitrogens is 1. The maximum atomic E-state index is 8.70. The standard InChI is InChI=1S/C8H10ClNO.C5H4ClN.C2H6/c9-7-3-1-6(2-4-7)8(10)5-11;6-5-2-1-3-7-4-5;1-2/h1-4,8,11H,5,10H2;1-4H;1-2H3. The summed E-state index contributed by atoms with van der Waals surface area (Å²) in [6.07, 6.45) is 3.29. The molecule has 5 heteroatoms. The highest BCUT2D eigenvalue weighted by molar-refractivity contribution is 6.30. The third-order valence-corrected chi connectivity index (χ3v) is 2.60. The molecule has 0 amide bonds. The number of nitrogens with zero attached hydrogens (tertiary/aromatic N) is 1. The van der Waals surface area contributed by atoms with Crippen LogP contribution in [-0.2, 0) is 0 Å². The van der Waals surface area contributed by atoms with Crippen molar-refractivity contribution >= 4 is 23.2 Å². The lowest BCUT2D eigenvalue weighted by Crippen LogP contribution is -2.13. The van der Waals surface area contributed by atoms with Gasteiger partial charge in [-0.1, -0.05) is 49.2 Å². The molecule has 2 aromatic rings. The Labute approximate surface area is 130 Å². The molecule has 110 valence electrons. The van der Waals surface area contributed by atoms with Crippen LogP contribution >= 0.6 is 23.2 Å². The SMILES string of the molecule is CC.Clc1cccnc1.NC(CO)c1ccc(Cl)cc1. The van der Waals surface area contributed by atoms with Gasteiger partial charge in [0.05, 0.1) is 17.7 Å². The third kappa shape index (κ3) is 8.12. The quantitative estimate of drug-likeness (QED) is 0.877. The Morgan fingerprint density at radius 3 is 2.05 bits per heavy atom. The van der Waals surface area contributed by atoms with Crippen LogP contribution in [0.3, 0.4) is 0 Å². The first-order chi connectivity index (χ1) is 9.63. The minimum absolute atomic E-state index is 0.0400. The predicted octanol–water partition coefficient (Wildman–Crippen LogP) is 4.09. The average molecular weight is 315 g/mol. The summed E-state index contributed by atoms with van der Waals surface area (Å²) in [4.78, 5) is 3.75. The van der Waals surface area contributed by atoms with E-state index < -0.39 is 0 Å². The fourth-order valence-electron chi connectivity index (χ4n) is 1.16. The summed E-state index contributed by atoms with van der Waals surface area (Å²) < 4.78 is 0. The number of hydrogen-bond acceptors (Lipinski definition) is 3. The van der Waals surface area contributed by atoms with Gasteiger partial charge in [0.1, 0.15) is 0 Å². The Morgan fingerprint density at radius 1 is 1.10 bits per heavy atom. The van der Waals surface area contributed by atoms with Gasteiger partial charge in [0.15, 0.2) is 0 Å². The molecule has 0 bridgehead atoms. The molecule has 0 fully saturated rings. The second-order valence-electron chi connectivity index (χ2n) is 3.51. The van der Waals surface area contributed by atoms with Crippen molar-refractivity contribution in [2.24, 2.45) is 5.73 Å². The molecule has 0 saturated heterocycles. The number of benzene rings is 1. The first-order valence-corrected chi connectivity index (χ1v) is 7.06. The summed E-state index contributed by atoms with van der Waals surface area (Å²) in [6, 6.07) is 10.4. The van der Waals surface area contributed by atoms with E-state index >= 15 is 0 Å². The molecule has 3 N–H and O–H groups in total. The third-order valence-electron chi connectivity index (χ3n) is 2.12. The monoisotopic (exact) mass is 314 g/mol. The molecule has 1 heterocycles. The average Bonchev–Trinajstić information content (AvgIpc) is 2.51. The summed E-state index contributed by atoms with van der Waals surface area (Å²) in [5.41, 5.74) is 6.45. The molecule has 0 aliphatic heterocycles. The van der Waals surface area contributed by atoms with Crippen molar-refractivity contribution in [3.05, 3.63) is 64.4 Å². The van der Waals surface area contributed by atoms with Crippen molar-refractivity contribution in [3.8, 4) is 0 Å². The van der Waals surface area contributed by atoms with E-state index in [2.05, 4.69) is 4.98 Å². The van der Waals surface area contributed by atoms with Crippen LogP contribution in [0, 0.1) is 0 Å². The maximum absolute atomic E-state index is 8.70. The summed E-state index contributed by atoms with van der Waals surface area (Å²) in [5, 5.41) is 10.1. The van der Waals surface area contributed by atoms with E-state index in [4.69, 9.17) is 34.0 Å². The Kier molecular flexibility index (Phi) is 11.0. The number of aliphatic hydroxyl groups excluding tert-OH is 1. The highest BCUT2D eigenvalue weighted by atomic mass is 35.5. The van der Waals surface area contributed by atoms with Gasteiger partial charge in [0.2, 0.25) is 0 Å². The topological polar surface area (TPSA) is 59.1 Å². The number of aliphatic hydroxyl groups is 1. The van der Waals surface area contributed by atoms with Crippen LogP contribution in [-0.4, -0.2) is 16.7 Å². The summed E-state index contributed by atoms with van der Waals surface area (Å²) in [7, 11) is 0. The van der Waals surface area contributed by atoms with E-state index in [-0.39, 0.29) is 12.6 Å². The first-order valence-electron chi connectivity index (χ1n) is 6.31. The van der Waals surface area contributed by atoms with Gasteiger partial charge in [0, 0.05) is 17.4 Å². The lowest BCUT2D eigenvalue weighted by Gasteiger charge is -2.07. The van der Waals surface area contributed by atoms with E-state index in [1.165, 1.54) is 0 Å². The maximum Gasteiger partial charge on any atom is 0.0624 e. The second-order valence-corrected chi connectivity index (χ2v) is 4.38. The van der Waals surface area contributed by atoms with Crippen molar-refractivity contribution < 1.29 is 5.11 Å². The van der Waals surface area contributed by atoms with Gasteiger partial charge >= 0.3 is 0 Å². The molecule has 1 aromatic carbocycles. The molecule has 1 atom stereocenters. The number of rotatable bonds is 2. The Bertz CT molecular complexity index is 449. The normalized spacial score (nSPS) is 10.5. The van der Waals surface area contributed by atoms with Crippen LogP contribution in [0.15, 0.2) is 48.8 Å². The van der Waals surface area contributed by atoms with E-state index in [1.54, 1.807) is 36.7 Å². The number of nitrogens with two attached hydrogens (primary N) is 1. The van der Waals surface area contributed by atoms with E-state index in [1.807, 2.05) is 26.0 Å². The van der Waals surface area contributed by atoms with Crippen molar-refractivity contribution in [1.82, 2.24) is 4.98 Å². The van der Waals surface area contributed by atoms with Crippen LogP contribution < -0.4 is 5.73 Å². The lowest BCUT2D eigenvalue weighted by atomic mass is 10.1. The zero-order chi connectivity index (χ0) is 15.4. The van der Waals surface area contributed by atoms with E-state index in [9.17, 15) is 0 Å². The lowest BCUT2D eigenvalue weighted by molar-refractivity contribution is 0.268. The molecule has 0 saturated carbocycles. The minimum Gasteiger partial charge on any atom is -0.394 e. The van der Waals surface area contributed by atoms with Crippen molar-refractivity contribution in [2.45, 2.75) is 19.9 Å². The molecule has 0 aliphatic carbocycles. The van der Waals surface area contributed by atoms with E-state index in [0.717, 1.165) is 5.56 Å². The molecule has 3 nitrogen and oxygen atoms in total. The Balaban J connectivity index is 0.000000345. The highest BCUT2D eigenvalue weighted by Gasteiger charge is 2.02. The van der Waals surface area contributed by atoms with Crippen LogP contribution in [0.4, 0.5) is 0 Å². The van der Waals surface area contributed by atoms with Gasteiger partial charge in [-0.25, -0.2) is 0 Å². The summed E-state index contributed by atoms with van der Waals surface area (Å²) in [5.74, 6) is 0. The molecular formula is C15H20Cl2N2O. The Morgan fingerprint density at radius 2 is 1.70 bits per heavy atom.